The molecule has 2 aromatic carbocycles. The van der Waals surface area contributed by atoms with Gasteiger partial charge >= 0.3 is 0 Å². The van der Waals surface area contributed by atoms with Gasteiger partial charge in [0.25, 0.3) is 12.3 Å². The Hall–Kier alpha value is -4.25. The van der Waals surface area contributed by atoms with Crippen molar-refractivity contribution < 1.29 is 18.3 Å². The van der Waals surface area contributed by atoms with Crippen LogP contribution in [-0.4, -0.2) is 44.2 Å². The van der Waals surface area contributed by atoms with Gasteiger partial charge in [0.05, 0.1) is 35.7 Å². The highest BCUT2D eigenvalue weighted by molar-refractivity contribution is 7.11. The van der Waals surface area contributed by atoms with E-state index in [1.165, 1.54) is 35.7 Å². The van der Waals surface area contributed by atoms with Crippen LogP contribution in [0, 0.1) is 0 Å². The molecule has 0 saturated carbocycles. The van der Waals surface area contributed by atoms with Crippen molar-refractivity contribution in [2.45, 2.75) is 13.0 Å². The zero-order valence-electron chi connectivity index (χ0n) is 18.4. The van der Waals surface area contributed by atoms with Gasteiger partial charge < -0.3 is 10.1 Å². The molecule has 35 heavy (non-hydrogen) atoms. The number of hydrogen-bond donors (Lipinski definition) is 1. The van der Waals surface area contributed by atoms with Crippen molar-refractivity contribution in [1.29, 1.82) is 0 Å². The van der Waals surface area contributed by atoms with Crippen LogP contribution in [0.4, 0.5) is 14.5 Å². The average Bonchev–Trinajstić information content (AvgIpc) is 3.54. The largest absolute Gasteiger partial charge is 0.494 e. The fourth-order valence-electron chi connectivity index (χ4n) is 3.72. The lowest BCUT2D eigenvalue weighted by Gasteiger charge is -2.13. The van der Waals surface area contributed by atoms with Crippen molar-refractivity contribution in [3.8, 4) is 28.3 Å². The second kappa shape index (κ2) is 9.55. The number of nitrogens with zero attached hydrogens (tertiary/aromatic N) is 5. The number of thiazole rings is 1. The highest BCUT2D eigenvalue weighted by atomic mass is 32.1. The maximum atomic E-state index is 13.1. The molecule has 1 amide bonds. The van der Waals surface area contributed by atoms with E-state index in [1.54, 1.807) is 23.8 Å². The Morgan fingerprint density at radius 2 is 2.00 bits per heavy atom. The highest BCUT2D eigenvalue weighted by Crippen LogP contribution is 2.37. The van der Waals surface area contributed by atoms with Crippen molar-refractivity contribution in [2.75, 3.05) is 12.4 Å². The summed E-state index contributed by atoms with van der Waals surface area (Å²) in [7, 11) is 1.49. The summed E-state index contributed by atoms with van der Waals surface area (Å²) in [5.41, 5.74) is 4.87. The lowest BCUT2D eigenvalue weighted by molar-refractivity contribution is 0.102. The molecule has 0 fully saturated rings. The molecule has 0 spiro atoms. The summed E-state index contributed by atoms with van der Waals surface area (Å²) in [5.74, 6) is 0.0787. The second-order valence-electron chi connectivity index (χ2n) is 7.48. The number of fused-ring (bicyclic) bond motifs is 1. The Kier molecular flexibility index (Phi) is 6.15. The minimum Gasteiger partial charge on any atom is -0.494 e. The third-order valence-electron chi connectivity index (χ3n) is 5.25. The standard InChI is InChI=1S/C24H18F2N6O2S/c1-34-19-8-17-15(7-18(19)30-24(33)20-9-27-13-35-20)23(29-12-28-17)16-10-32(11-21(25)26)31-22(16)14-5-3-2-4-6-14/h2-10,12-13,21H,11H2,1H3,(H,30,33). The van der Waals surface area contributed by atoms with Gasteiger partial charge in [-0.05, 0) is 6.07 Å². The first-order chi connectivity index (χ1) is 17.0. The van der Waals surface area contributed by atoms with Crippen LogP contribution in [0.3, 0.4) is 0 Å². The van der Waals surface area contributed by atoms with Gasteiger partial charge in [-0.15, -0.1) is 11.3 Å². The number of halogens is 2. The molecule has 1 N–H and O–H groups in total. The predicted octanol–water partition coefficient (Wildman–Crippen LogP) is 5.14. The van der Waals surface area contributed by atoms with Crippen LogP contribution >= 0.6 is 11.3 Å². The fraction of sp³-hybridized carbons (Fsp3) is 0.125. The Morgan fingerprint density at radius 1 is 1.17 bits per heavy atom. The number of anilines is 1. The maximum Gasteiger partial charge on any atom is 0.267 e. The van der Waals surface area contributed by atoms with Gasteiger partial charge in [-0.1, -0.05) is 30.3 Å². The number of rotatable bonds is 7. The topological polar surface area (TPSA) is 94.8 Å². The molecule has 176 valence electrons. The number of aromatic nitrogens is 5. The van der Waals surface area contributed by atoms with Crippen LogP contribution in [0.25, 0.3) is 33.4 Å². The van der Waals surface area contributed by atoms with Crippen LogP contribution in [0.15, 0.2) is 66.7 Å². The third kappa shape index (κ3) is 4.58. The molecule has 0 aliphatic carbocycles. The number of nitrogens with one attached hydrogen (secondary N) is 1. The van der Waals surface area contributed by atoms with E-state index in [9.17, 15) is 13.6 Å². The molecule has 11 heteroatoms. The van der Waals surface area contributed by atoms with E-state index < -0.39 is 13.0 Å². The van der Waals surface area contributed by atoms with E-state index in [0.717, 1.165) is 5.56 Å². The van der Waals surface area contributed by atoms with Gasteiger partial charge in [-0.25, -0.2) is 18.7 Å². The number of carbonyl (C=O) groups is 1. The van der Waals surface area contributed by atoms with E-state index in [-0.39, 0.29) is 5.91 Å². The molecule has 8 nitrogen and oxygen atoms in total. The first-order valence-electron chi connectivity index (χ1n) is 10.5. The van der Waals surface area contributed by atoms with Crippen LogP contribution in [-0.2, 0) is 6.54 Å². The van der Waals surface area contributed by atoms with E-state index in [0.29, 0.717) is 44.2 Å². The molecule has 0 aliphatic rings. The number of benzene rings is 2. The average molecular weight is 493 g/mol. The number of alkyl halides is 2. The van der Waals surface area contributed by atoms with E-state index in [4.69, 9.17) is 4.74 Å². The van der Waals surface area contributed by atoms with Crippen LogP contribution in [0.1, 0.15) is 9.67 Å². The van der Waals surface area contributed by atoms with Gasteiger partial charge in [0.1, 0.15) is 29.2 Å². The summed E-state index contributed by atoms with van der Waals surface area (Å²) in [4.78, 5) is 25.9. The smallest absolute Gasteiger partial charge is 0.267 e. The molecule has 0 unspecified atom stereocenters. The lowest BCUT2D eigenvalue weighted by atomic mass is 10.0. The molecule has 0 radical (unpaired) electrons. The van der Waals surface area contributed by atoms with Crippen LogP contribution < -0.4 is 10.1 Å². The minimum absolute atomic E-state index is 0.335. The van der Waals surface area contributed by atoms with Crippen molar-refractivity contribution in [2.24, 2.45) is 0 Å². The Bertz CT molecular complexity index is 1490. The summed E-state index contributed by atoms with van der Waals surface area (Å²) in [6.45, 7) is -0.549. The third-order valence-corrected chi connectivity index (χ3v) is 6.02. The molecule has 0 atom stereocenters. The Balaban J connectivity index is 1.67. The van der Waals surface area contributed by atoms with Gasteiger partial charge in [0, 0.05) is 28.8 Å². The molecule has 3 heterocycles. The quantitative estimate of drug-likeness (QED) is 0.338. The molecular formula is C24H18F2N6O2S. The predicted molar refractivity (Wildman–Crippen MR) is 129 cm³/mol. The van der Waals surface area contributed by atoms with Crippen molar-refractivity contribution in [1.82, 2.24) is 24.7 Å². The molecule has 5 rings (SSSR count). The number of amides is 1. The highest BCUT2D eigenvalue weighted by Gasteiger charge is 2.20. The fourth-order valence-corrected chi connectivity index (χ4v) is 4.23. The van der Waals surface area contributed by atoms with Gasteiger partial charge in [0.2, 0.25) is 0 Å². The summed E-state index contributed by atoms with van der Waals surface area (Å²) in [6.07, 6.45) is 1.86. The van der Waals surface area contributed by atoms with Crippen molar-refractivity contribution in [3.05, 3.63) is 71.6 Å². The lowest BCUT2D eigenvalue weighted by Crippen LogP contribution is -2.11. The number of hydrogen-bond acceptors (Lipinski definition) is 7. The monoisotopic (exact) mass is 492 g/mol. The molecular weight excluding hydrogens is 474 g/mol. The molecule has 0 bridgehead atoms. The summed E-state index contributed by atoms with van der Waals surface area (Å²) >= 11 is 1.21. The summed E-state index contributed by atoms with van der Waals surface area (Å²) < 4.78 is 33.0. The van der Waals surface area contributed by atoms with Crippen LogP contribution in [0.5, 0.6) is 5.75 Å². The van der Waals surface area contributed by atoms with Gasteiger partial charge in [-0.3, -0.25) is 14.5 Å². The normalized spacial score (nSPS) is 11.2. The van der Waals surface area contributed by atoms with Crippen molar-refractivity contribution in [3.63, 3.8) is 0 Å². The second-order valence-corrected chi connectivity index (χ2v) is 8.37. The van der Waals surface area contributed by atoms with Crippen molar-refractivity contribution >= 4 is 33.8 Å². The Labute approximate surface area is 202 Å². The first kappa shape index (κ1) is 22.5. The summed E-state index contributed by atoms with van der Waals surface area (Å²) in [5, 5.41) is 7.86. The summed E-state index contributed by atoms with van der Waals surface area (Å²) in [6, 6.07) is 12.7. The molecule has 5 aromatic rings. The van der Waals surface area contributed by atoms with E-state index >= 15 is 0 Å². The van der Waals surface area contributed by atoms with E-state index in [1.807, 2.05) is 30.3 Å². The van der Waals surface area contributed by atoms with E-state index in [2.05, 4.69) is 25.4 Å². The molecule has 3 aromatic heterocycles. The number of ether oxygens (including phenoxy) is 1. The first-order valence-corrected chi connectivity index (χ1v) is 11.4. The number of methoxy groups -OCH3 is 1. The molecule has 0 saturated heterocycles. The zero-order chi connectivity index (χ0) is 24.4. The number of carbonyl (C=O) groups excluding carboxylic acids is 1. The van der Waals surface area contributed by atoms with Crippen LogP contribution in [0.2, 0.25) is 0 Å². The van der Waals surface area contributed by atoms with Gasteiger partial charge in [-0.2, -0.15) is 5.10 Å². The zero-order valence-corrected chi connectivity index (χ0v) is 19.2. The minimum atomic E-state index is -2.56. The molecule has 0 aliphatic heterocycles. The Morgan fingerprint density at radius 3 is 2.71 bits per heavy atom. The SMILES string of the molecule is COc1cc2ncnc(-c3cn(CC(F)F)nc3-c3ccccc3)c2cc1NC(=O)c1cncs1. The maximum absolute atomic E-state index is 13.1. The van der Waals surface area contributed by atoms with Gasteiger partial charge in [0.15, 0.2) is 0 Å².